The van der Waals surface area contributed by atoms with E-state index < -0.39 is 23.5 Å². The van der Waals surface area contributed by atoms with Gasteiger partial charge in [0, 0.05) is 48.6 Å². The van der Waals surface area contributed by atoms with E-state index in [9.17, 15) is 14.4 Å². The van der Waals surface area contributed by atoms with E-state index in [2.05, 4.69) is 15.2 Å². The highest BCUT2D eigenvalue weighted by atomic mass is 35.5. The Hall–Kier alpha value is -3.17. The van der Waals surface area contributed by atoms with Crippen molar-refractivity contribution in [1.82, 2.24) is 9.88 Å². The van der Waals surface area contributed by atoms with Crippen molar-refractivity contribution in [2.24, 2.45) is 5.73 Å². The highest BCUT2D eigenvalue weighted by molar-refractivity contribution is 6.30. The zero-order valence-corrected chi connectivity index (χ0v) is 20.8. The van der Waals surface area contributed by atoms with Crippen molar-refractivity contribution >= 4 is 40.9 Å². The molecule has 2 unspecified atom stereocenters. The summed E-state index contributed by atoms with van der Waals surface area (Å²) in [7, 11) is 0. The number of carbonyl (C=O) groups is 3. The number of carbonyl (C=O) groups excluding carboxylic acids is 3. The number of amides is 2. The van der Waals surface area contributed by atoms with Gasteiger partial charge in [-0.1, -0.05) is 23.7 Å². The molecule has 1 fully saturated rings. The second kappa shape index (κ2) is 9.83. The van der Waals surface area contributed by atoms with Crippen LogP contribution in [-0.4, -0.2) is 65.5 Å². The number of esters is 1. The molecule has 2 atom stereocenters. The molecule has 3 heterocycles. The molecule has 2 aromatic rings. The van der Waals surface area contributed by atoms with Gasteiger partial charge in [-0.05, 0) is 44.5 Å². The summed E-state index contributed by atoms with van der Waals surface area (Å²) in [5.41, 5.74) is 8.03. The summed E-state index contributed by atoms with van der Waals surface area (Å²) < 4.78 is 5.48. The lowest BCUT2D eigenvalue weighted by Crippen LogP contribution is -2.54. The Bertz CT molecular complexity index is 1120. The van der Waals surface area contributed by atoms with Crippen LogP contribution >= 0.6 is 11.6 Å². The SMILES string of the molecule is CC(C)(C)OC(=O)C(N)C(C(=O)N1CCN(c2ccnc3c2CC(=O)N3)CC1)c1ccc(Cl)cc1. The minimum atomic E-state index is -1.17. The van der Waals surface area contributed by atoms with Gasteiger partial charge in [-0.15, -0.1) is 0 Å². The maximum atomic E-state index is 13.7. The molecule has 0 saturated carbocycles. The van der Waals surface area contributed by atoms with Gasteiger partial charge in [-0.25, -0.2) is 4.98 Å². The molecule has 186 valence electrons. The summed E-state index contributed by atoms with van der Waals surface area (Å²) in [6.07, 6.45) is 1.97. The van der Waals surface area contributed by atoms with Crippen molar-refractivity contribution in [3.63, 3.8) is 0 Å². The summed E-state index contributed by atoms with van der Waals surface area (Å²) in [6.45, 7) is 7.32. The van der Waals surface area contributed by atoms with Crippen LogP contribution in [-0.2, 0) is 25.5 Å². The first-order valence-electron chi connectivity index (χ1n) is 11.6. The maximum absolute atomic E-state index is 13.7. The average Bonchev–Trinajstić information content (AvgIpc) is 3.19. The first-order valence-corrected chi connectivity index (χ1v) is 12.0. The number of nitrogens with zero attached hydrogens (tertiary/aromatic N) is 3. The van der Waals surface area contributed by atoms with Gasteiger partial charge in [0.1, 0.15) is 17.5 Å². The molecule has 2 amide bonds. The van der Waals surface area contributed by atoms with Crippen LogP contribution in [0, 0.1) is 0 Å². The molecule has 0 spiro atoms. The van der Waals surface area contributed by atoms with Gasteiger partial charge in [0.05, 0.1) is 12.3 Å². The third-order valence-electron chi connectivity index (χ3n) is 6.09. The number of nitrogens with one attached hydrogen (secondary N) is 1. The van der Waals surface area contributed by atoms with Gasteiger partial charge in [0.15, 0.2) is 0 Å². The fourth-order valence-electron chi connectivity index (χ4n) is 4.44. The molecule has 1 saturated heterocycles. The Morgan fingerprint density at radius 1 is 1.11 bits per heavy atom. The van der Waals surface area contributed by atoms with E-state index in [0.717, 1.165) is 11.3 Å². The van der Waals surface area contributed by atoms with Gasteiger partial charge in [0.2, 0.25) is 11.8 Å². The van der Waals surface area contributed by atoms with Gasteiger partial charge < -0.3 is 25.6 Å². The number of halogens is 1. The number of pyridine rings is 1. The van der Waals surface area contributed by atoms with Gasteiger partial charge >= 0.3 is 5.97 Å². The molecule has 9 nitrogen and oxygen atoms in total. The Kier molecular flexibility index (Phi) is 7.00. The molecule has 4 rings (SSSR count). The molecule has 1 aromatic heterocycles. The number of rotatable bonds is 5. The standard InChI is InChI=1S/C25H30ClN5O4/c1-25(2,3)35-24(34)21(27)20(15-4-6-16(26)7-5-15)23(33)31-12-10-30(11-13-31)18-8-9-28-22-17(18)14-19(32)29-22/h4-9,20-21H,10-14,27H2,1-3H3,(H,28,29,32). The van der Waals surface area contributed by atoms with E-state index in [1.807, 2.05) is 6.07 Å². The highest BCUT2D eigenvalue weighted by Crippen LogP contribution is 2.32. The number of hydrogen-bond donors (Lipinski definition) is 2. The Balaban J connectivity index is 1.51. The fourth-order valence-corrected chi connectivity index (χ4v) is 4.57. The van der Waals surface area contributed by atoms with Crippen molar-refractivity contribution in [2.75, 3.05) is 36.4 Å². The Labute approximate surface area is 209 Å². The summed E-state index contributed by atoms with van der Waals surface area (Å²) in [5.74, 6) is -1.25. The monoisotopic (exact) mass is 499 g/mol. The Morgan fingerprint density at radius 3 is 2.40 bits per heavy atom. The summed E-state index contributed by atoms with van der Waals surface area (Å²) >= 11 is 6.04. The van der Waals surface area contributed by atoms with Gasteiger partial charge in [0.25, 0.3) is 0 Å². The largest absolute Gasteiger partial charge is 0.459 e. The number of hydrogen-bond acceptors (Lipinski definition) is 7. The first kappa shape index (κ1) is 24.9. The maximum Gasteiger partial charge on any atom is 0.324 e. The second-order valence-corrected chi connectivity index (χ2v) is 10.2. The van der Waals surface area contributed by atoms with Crippen LogP contribution < -0.4 is 16.0 Å². The molecular weight excluding hydrogens is 470 g/mol. The summed E-state index contributed by atoms with van der Waals surface area (Å²) in [4.78, 5) is 46.4. The van der Waals surface area contributed by atoms with Crippen molar-refractivity contribution in [1.29, 1.82) is 0 Å². The molecular formula is C25H30ClN5O4. The van der Waals surface area contributed by atoms with Crippen LogP contribution in [0.5, 0.6) is 0 Å². The van der Waals surface area contributed by atoms with E-state index in [-0.39, 0.29) is 11.8 Å². The molecule has 2 aliphatic rings. The zero-order valence-electron chi connectivity index (χ0n) is 20.1. The number of aromatic nitrogens is 1. The van der Waals surface area contributed by atoms with E-state index >= 15 is 0 Å². The van der Waals surface area contributed by atoms with Crippen molar-refractivity contribution in [2.45, 2.75) is 44.8 Å². The van der Waals surface area contributed by atoms with Crippen molar-refractivity contribution in [3.05, 3.63) is 52.7 Å². The zero-order chi connectivity index (χ0) is 25.3. The summed E-state index contributed by atoms with van der Waals surface area (Å²) in [6, 6.07) is 7.52. The molecule has 10 heteroatoms. The normalized spacial score (nSPS) is 17.5. The highest BCUT2D eigenvalue weighted by Gasteiger charge is 2.38. The molecule has 0 aliphatic carbocycles. The van der Waals surface area contributed by atoms with E-state index in [0.29, 0.717) is 49.0 Å². The number of anilines is 2. The molecule has 1 aromatic carbocycles. The third-order valence-corrected chi connectivity index (χ3v) is 6.34. The number of benzene rings is 1. The number of nitrogens with two attached hydrogens (primary N) is 1. The first-order chi connectivity index (χ1) is 16.5. The molecule has 35 heavy (non-hydrogen) atoms. The van der Waals surface area contributed by atoms with Gasteiger partial charge in [-0.3, -0.25) is 14.4 Å². The van der Waals surface area contributed by atoms with Crippen LogP contribution in [0.1, 0.15) is 37.8 Å². The van der Waals surface area contributed by atoms with Crippen LogP contribution in [0.25, 0.3) is 0 Å². The van der Waals surface area contributed by atoms with E-state index in [1.54, 1.807) is 56.1 Å². The van der Waals surface area contributed by atoms with Crippen molar-refractivity contribution in [3.8, 4) is 0 Å². The van der Waals surface area contributed by atoms with Gasteiger partial charge in [-0.2, -0.15) is 0 Å². The predicted molar refractivity (Wildman–Crippen MR) is 133 cm³/mol. The van der Waals surface area contributed by atoms with Crippen LogP contribution in [0.3, 0.4) is 0 Å². The Morgan fingerprint density at radius 2 is 1.77 bits per heavy atom. The quantitative estimate of drug-likeness (QED) is 0.606. The third kappa shape index (κ3) is 5.57. The number of piperazine rings is 1. The van der Waals surface area contributed by atoms with Crippen molar-refractivity contribution < 1.29 is 19.1 Å². The lowest BCUT2D eigenvalue weighted by atomic mass is 9.90. The second-order valence-electron chi connectivity index (χ2n) is 9.78. The lowest BCUT2D eigenvalue weighted by Gasteiger charge is -2.39. The van der Waals surface area contributed by atoms with E-state index in [1.165, 1.54) is 0 Å². The average molecular weight is 500 g/mol. The minimum absolute atomic E-state index is 0.0734. The molecule has 3 N–H and O–H groups in total. The number of fused-ring (bicyclic) bond motifs is 1. The molecule has 0 bridgehead atoms. The van der Waals surface area contributed by atoms with E-state index in [4.69, 9.17) is 22.1 Å². The summed E-state index contributed by atoms with van der Waals surface area (Å²) in [5, 5.41) is 3.30. The van der Waals surface area contributed by atoms with Crippen LogP contribution in [0.2, 0.25) is 5.02 Å². The predicted octanol–water partition coefficient (Wildman–Crippen LogP) is 2.33. The van der Waals surface area contributed by atoms with Crippen LogP contribution in [0.15, 0.2) is 36.5 Å². The lowest BCUT2D eigenvalue weighted by molar-refractivity contribution is -0.159. The molecule has 0 radical (unpaired) electrons. The van der Waals surface area contributed by atoms with Crippen LogP contribution in [0.4, 0.5) is 11.5 Å². The number of ether oxygens (including phenoxy) is 1. The topological polar surface area (TPSA) is 118 Å². The molecule has 2 aliphatic heterocycles. The smallest absolute Gasteiger partial charge is 0.324 e. The minimum Gasteiger partial charge on any atom is -0.459 e. The fraction of sp³-hybridized carbons (Fsp3) is 0.440.